The second-order valence-corrected chi connectivity index (χ2v) is 6.33. The van der Waals surface area contributed by atoms with Crippen LogP contribution < -0.4 is 0 Å². The molecule has 0 saturated heterocycles. The first-order valence-corrected chi connectivity index (χ1v) is 8.00. The molecule has 0 bridgehead atoms. The third kappa shape index (κ3) is 2.50. The van der Waals surface area contributed by atoms with Crippen LogP contribution in [0, 0.1) is 5.92 Å². The van der Waals surface area contributed by atoms with E-state index < -0.39 is 28.9 Å². The Morgan fingerprint density at radius 2 is 2.00 bits per heavy atom. The van der Waals surface area contributed by atoms with E-state index in [1.807, 2.05) is 12.3 Å². The summed E-state index contributed by atoms with van der Waals surface area (Å²) in [6.07, 6.45) is 1.91. The zero-order chi connectivity index (χ0) is 15.8. The van der Waals surface area contributed by atoms with Crippen molar-refractivity contribution < 1.29 is 19.1 Å². The maximum absolute atomic E-state index is 12.6. The van der Waals surface area contributed by atoms with Crippen molar-refractivity contribution >= 4 is 29.3 Å². The second kappa shape index (κ2) is 5.64. The van der Waals surface area contributed by atoms with Gasteiger partial charge in [-0.3, -0.25) is 14.4 Å². The number of fused-ring (bicyclic) bond motifs is 1. The molecule has 1 aliphatic carbocycles. The Balaban J connectivity index is 2.59. The first kappa shape index (κ1) is 15.8. The summed E-state index contributed by atoms with van der Waals surface area (Å²) < 4.78 is 4.90. The van der Waals surface area contributed by atoms with E-state index in [0.717, 1.165) is 4.90 Å². The summed E-state index contributed by atoms with van der Waals surface area (Å²) in [6.45, 7) is 5.28. The van der Waals surface area contributed by atoms with Crippen LogP contribution in [0.5, 0.6) is 0 Å². The van der Waals surface area contributed by atoms with Gasteiger partial charge in [0.1, 0.15) is 0 Å². The first-order chi connectivity index (χ1) is 9.84. The van der Waals surface area contributed by atoms with Crippen molar-refractivity contribution in [1.29, 1.82) is 0 Å². The van der Waals surface area contributed by atoms with E-state index in [0.29, 0.717) is 11.1 Å². The summed E-state index contributed by atoms with van der Waals surface area (Å²) in [5, 5.41) is 0. The van der Waals surface area contributed by atoms with E-state index in [4.69, 9.17) is 4.74 Å². The average Bonchev–Trinajstić information content (AvgIpc) is 2.45. The van der Waals surface area contributed by atoms with Crippen LogP contribution >= 0.6 is 11.8 Å². The molecule has 1 unspecified atom stereocenters. The molecule has 0 saturated carbocycles. The van der Waals surface area contributed by atoms with E-state index >= 15 is 0 Å². The van der Waals surface area contributed by atoms with Crippen molar-refractivity contribution in [3.05, 3.63) is 29.3 Å². The number of ketones is 2. The summed E-state index contributed by atoms with van der Waals surface area (Å²) in [6, 6.07) is 5.44. The van der Waals surface area contributed by atoms with Crippen molar-refractivity contribution in [2.24, 2.45) is 5.92 Å². The quantitative estimate of drug-likeness (QED) is 0.488. The highest BCUT2D eigenvalue weighted by Crippen LogP contribution is 2.38. The summed E-state index contributed by atoms with van der Waals surface area (Å²) in [5.41, 5.74) is 0.248. The minimum absolute atomic E-state index is 0.147. The van der Waals surface area contributed by atoms with Crippen molar-refractivity contribution in [3.8, 4) is 0 Å². The number of hydrogen-bond acceptors (Lipinski definition) is 5. The van der Waals surface area contributed by atoms with Gasteiger partial charge >= 0.3 is 5.97 Å². The van der Waals surface area contributed by atoms with Crippen LogP contribution in [0.4, 0.5) is 0 Å². The summed E-state index contributed by atoms with van der Waals surface area (Å²) in [7, 11) is 0. The van der Waals surface area contributed by atoms with Gasteiger partial charge in [0.15, 0.2) is 17.5 Å². The Labute approximate surface area is 128 Å². The third-order valence-corrected chi connectivity index (χ3v) is 4.55. The van der Waals surface area contributed by atoms with Crippen LogP contribution in [0.2, 0.25) is 0 Å². The third-order valence-electron chi connectivity index (χ3n) is 3.83. The SMILES string of the molecule is CCOC(=O)C1C(=O)c2cc(SC)ccc2C(C)(C)C1=O. The lowest BCUT2D eigenvalue weighted by Crippen LogP contribution is -2.48. The number of rotatable bonds is 3. The van der Waals surface area contributed by atoms with Gasteiger partial charge < -0.3 is 4.74 Å². The van der Waals surface area contributed by atoms with Gasteiger partial charge in [-0.2, -0.15) is 0 Å². The van der Waals surface area contributed by atoms with Crippen LogP contribution in [0.1, 0.15) is 36.7 Å². The Hall–Kier alpha value is -1.62. The molecule has 0 amide bonds. The molecule has 5 heteroatoms. The maximum atomic E-state index is 12.6. The number of Topliss-reactive ketones (excluding diaryl/α,β-unsaturated/α-hetero) is 2. The fourth-order valence-corrected chi connectivity index (χ4v) is 3.05. The molecule has 21 heavy (non-hydrogen) atoms. The molecule has 1 aromatic carbocycles. The van der Waals surface area contributed by atoms with E-state index in [1.54, 1.807) is 32.9 Å². The van der Waals surface area contributed by atoms with Crippen molar-refractivity contribution in [1.82, 2.24) is 0 Å². The number of ether oxygens (including phenoxy) is 1. The van der Waals surface area contributed by atoms with Gasteiger partial charge in [0.05, 0.1) is 12.0 Å². The zero-order valence-corrected chi connectivity index (χ0v) is 13.4. The van der Waals surface area contributed by atoms with Crippen molar-refractivity contribution in [2.75, 3.05) is 12.9 Å². The van der Waals surface area contributed by atoms with Crippen LogP contribution in [0.25, 0.3) is 0 Å². The fraction of sp³-hybridized carbons (Fsp3) is 0.438. The number of benzene rings is 1. The summed E-state index contributed by atoms with van der Waals surface area (Å²) in [5.74, 6) is -2.94. The van der Waals surface area contributed by atoms with Crippen LogP contribution in [0.3, 0.4) is 0 Å². The average molecular weight is 306 g/mol. The normalized spacial score (nSPS) is 20.1. The number of esters is 1. The largest absolute Gasteiger partial charge is 0.465 e. The molecule has 0 aromatic heterocycles. The highest BCUT2D eigenvalue weighted by atomic mass is 32.2. The Morgan fingerprint density at radius 1 is 1.33 bits per heavy atom. The number of carbonyl (C=O) groups excluding carboxylic acids is 3. The molecular weight excluding hydrogens is 288 g/mol. The lowest BCUT2D eigenvalue weighted by molar-refractivity contribution is -0.150. The smallest absolute Gasteiger partial charge is 0.324 e. The summed E-state index contributed by atoms with van der Waals surface area (Å²) in [4.78, 5) is 38.1. The number of carbonyl (C=O) groups is 3. The minimum Gasteiger partial charge on any atom is -0.465 e. The van der Waals surface area contributed by atoms with Gasteiger partial charge in [0.2, 0.25) is 0 Å². The minimum atomic E-state index is -1.34. The Morgan fingerprint density at radius 3 is 2.57 bits per heavy atom. The van der Waals surface area contributed by atoms with Gasteiger partial charge in [-0.25, -0.2) is 0 Å². The molecule has 0 radical (unpaired) electrons. The molecule has 2 rings (SSSR count). The molecule has 112 valence electrons. The highest BCUT2D eigenvalue weighted by Gasteiger charge is 2.50. The number of hydrogen-bond donors (Lipinski definition) is 0. The molecule has 1 atom stereocenters. The van der Waals surface area contributed by atoms with Gasteiger partial charge in [-0.15, -0.1) is 11.8 Å². The lowest BCUT2D eigenvalue weighted by Gasteiger charge is -2.34. The van der Waals surface area contributed by atoms with Gasteiger partial charge in [0, 0.05) is 10.5 Å². The molecule has 0 aliphatic heterocycles. The fourth-order valence-electron chi connectivity index (χ4n) is 2.61. The molecule has 4 nitrogen and oxygen atoms in total. The monoisotopic (exact) mass is 306 g/mol. The van der Waals surface area contributed by atoms with Crippen molar-refractivity contribution in [3.63, 3.8) is 0 Å². The molecule has 0 fully saturated rings. The van der Waals surface area contributed by atoms with Gasteiger partial charge in [0.25, 0.3) is 0 Å². The van der Waals surface area contributed by atoms with Crippen LogP contribution in [-0.4, -0.2) is 30.4 Å². The van der Waals surface area contributed by atoms with E-state index in [1.165, 1.54) is 11.8 Å². The molecule has 1 aromatic rings. The van der Waals surface area contributed by atoms with Gasteiger partial charge in [-0.1, -0.05) is 6.07 Å². The highest BCUT2D eigenvalue weighted by molar-refractivity contribution is 7.98. The Kier molecular flexibility index (Phi) is 4.23. The molecule has 0 N–H and O–H groups in total. The molecule has 0 spiro atoms. The van der Waals surface area contributed by atoms with E-state index in [-0.39, 0.29) is 6.61 Å². The molecular formula is C16H18O4S. The first-order valence-electron chi connectivity index (χ1n) is 6.78. The maximum Gasteiger partial charge on any atom is 0.324 e. The second-order valence-electron chi connectivity index (χ2n) is 5.45. The summed E-state index contributed by atoms with van der Waals surface area (Å²) >= 11 is 1.51. The van der Waals surface area contributed by atoms with E-state index in [2.05, 4.69) is 0 Å². The Bertz CT molecular complexity index is 619. The zero-order valence-electron chi connectivity index (χ0n) is 12.6. The van der Waals surface area contributed by atoms with Crippen LogP contribution in [-0.2, 0) is 19.7 Å². The van der Waals surface area contributed by atoms with E-state index in [9.17, 15) is 14.4 Å². The van der Waals surface area contributed by atoms with Crippen molar-refractivity contribution in [2.45, 2.75) is 31.1 Å². The van der Waals surface area contributed by atoms with Crippen LogP contribution in [0.15, 0.2) is 23.1 Å². The molecule has 1 aliphatic rings. The predicted molar refractivity (Wildman–Crippen MR) is 80.7 cm³/mol. The lowest BCUT2D eigenvalue weighted by atomic mass is 9.67. The topological polar surface area (TPSA) is 60.4 Å². The van der Waals surface area contributed by atoms with Gasteiger partial charge in [-0.05, 0) is 44.7 Å². The number of thioether (sulfide) groups is 1. The molecule has 0 heterocycles. The standard InChI is InChI=1S/C16H18O4S/c1-5-20-15(19)12-13(17)10-8-9(21-4)6-7-11(10)16(2,3)14(12)18/h6-8,12H,5H2,1-4H3. The predicted octanol–water partition coefficient (Wildman–Crippen LogP) is 2.63.